The van der Waals surface area contributed by atoms with Crippen molar-refractivity contribution in [2.45, 2.75) is 13.5 Å². The average molecular weight is 314 g/mol. The van der Waals surface area contributed by atoms with Gasteiger partial charge in [-0.15, -0.1) is 0 Å². The van der Waals surface area contributed by atoms with E-state index in [2.05, 4.69) is 9.97 Å². The zero-order valence-electron chi connectivity index (χ0n) is 11.0. The van der Waals surface area contributed by atoms with Crippen LogP contribution in [0.5, 0.6) is 0 Å². The van der Waals surface area contributed by atoms with Gasteiger partial charge in [0.2, 0.25) is 5.95 Å². The quantitative estimate of drug-likeness (QED) is 0.692. The lowest BCUT2D eigenvalue weighted by Crippen LogP contribution is -2.33. The summed E-state index contributed by atoms with van der Waals surface area (Å²) in [7, 11) is 1.56. The summed E-state index contributed by atoms with van der Waals surface area (Å²) in [5.74, 6) is 6.17. The molecule has 0 aliphatic heterocycles. The van der Waals surface area contributed by atoms with Gasteiger partial charge in [0.1, 0.15) is 5.82 Å². The predicted molar refractivity (Wildman–Crippen MR) is 80.0 cm³/mol. The molecule has 2 rings (SSSR count). The summed E-state index contributed by atoms with van der Waals surface area (Å²) in [6.45, 7) is 2.26. The monoisotopic (exact) mass is 313 g/mol. The number of benzene rings is 1. The molecular formula is C12H13Cl2N5O. The normalized spacial score (nSPS) is 10.7. The summed E-state index contributed by atoms with van der Waals surface area (Å²) < 4.78 is 1.44. The van der Waals surface area contributed by atoms with E-state index in [1.165, 1.54) is 9.58 Å². The van der Waals surface area contributed by atoms with E-state index in [1.807, 2.05) is 6.92 Å². The van der Waals surface area contributed by atoms with Crippen LogP contribution in [0.15, 0.2) is 23.0 Å². The van der Waals surface area contributed by atoms with Crippen molar-refractivity contribution in [3.8, 4) is 11.4 Å². The van der Waals surface area contributed by atoms with Gasteiger partial charge in [0, 0.05) is 19.2 Å². The lowest BCUT2D eigenvalue weighted by Gasteiger charge is -2.14. The number of hydrogen-bond donors (Lipinski definition) is 1. The topological polar surface area (TPSA) is 77.0 Å². The Kier molecular flexibility index (Phi) is 4.27. The highest BCUT2D eigenvalue weighted by Gasteiger charge is 2.13. The Morgan fingerprint density at radius 1 is 1.30 bits per heavy atom. The molecule has 1 heterocycles. The molecule has 0 atom stereocenters. The van der Waals surface area contributed by atoms with Crippen LogP contribution in [-0.2, 0) is 6.54 Å². The van der Waals surface area contributed by atoms with Crippen LogP contribution in [-0.4, -0.2) is 21.6 Å². The fraction of sp³-hybridized carbons (Fsp3) is 0.250. The lowest BCUT2D eigenvalue weighted by molar-refractivity contribution is 0.679. The molecule has 0 bridgehead atoms. The van der Waals surface area contributed by atoms with Gasteiger partial charge in [-0.3, -0.25) is 9.58 Å². The van der Waals surface area contributed by atoms with E-state index in [0.29, 0.717) is 28.0 Å². The first-order valence-electron chi connectivity index (χ1n) is 5.86. The zero-order valence-corrected chi connectivity index (χ0v) is 12.5. The van der Waals surface area contributed by atoms with E-state index in [9.17, 15) is 4.79 Å². The van der Waals surface area contributed by atoms with Gasteiger partial charge in [0.15, 0.2) is 0 Å². The van der Waals surface area contributed by atoms with E-state index >= 15 is 0 Å². The third-order valence-corrected chi connectivity index (χ3v) is 3.44. The SMILES string of the molecule is CCn1c(-c2ccc(Cl)c(Cl)c2)nc(N(C)N)nc1=O. The number of aromatic nitrogens is 3. The molecule has 0 radical (unpaired) electrons. The first-order valence-corrected chi connectivity index (χ1v) is 6.62. The van der Waals surface area contributed by atoms with Gasteiger partial charge in [0.05, 0.1) is 10.0 Å². The Bertz CT molecular complexity index is 699. The van der Waals surface area contributed by atoms with Gasteiger partial charge in [-0.25, -0.2) is 10.6 Å². The molecule has 0 saturated heterocycles. The van der Waals surface area contributed by atoms with Crippen molar-refractivity contribution >= 4 is 29.2 Å². The van der Waals surface area contributed by atoms with Gasteiger partial charge in [-0.2, -0.15) is 9.97 Å². The average Bonchev–Trinajstić information content (AvgIpc) is 2.40. The number of hydrogen-bond acceptors (Lipinski definition) is 5. The highest BCUT2D eigenvalue weighted by molar-refractivity contribution is 6.42. The van der Waals surface area contributed by atoms with Gasteiger partial charge in [-0.1, -0.05) is 23.2 Å². The molecule has 0 aliphatic rings. The highest BCUT2D eigenvalue weighted by atomic mass is 35.5. The third kappa shape index (κ3) is 2.77. The third-order valence-electron chi connectivity index (χ3n) is 2.70. The van der Waals surface area contributed by atoms with Crippen LogP contribution in [0.2, 0.25) is 10.0 Å². The van der Waals surface area contributed by atoms with Gasteiger partial charge in [-0.05, 0) is 25.1 Å². The number of rotatable bonds is 3. The lowest BCUT2D eigenvalue weighted by atomic mass is 10.2. The Morgan fingerprint density at radius 3 is 2.55 bits per heavy atom. The molecule has 0 fully saturated rings. The van der Waals surface area contributed by atoms with E-state index in [4.69, 9.17) is 29.0 Å². The second kappa shape index (κ2) is 5.78. The summed E-state index contributed by atoms with van der Waals surface area (Å²) in [5.41, 5.74) is 0.250. The van der Waals surface area contributed by atoms with Crippen molar-refractivity contribution in [1.82, 2.24) is 14.5 Å². The number of hydrazine groups is 1. The molecule has 1 aromatic carbocycles. The molecule has 0 amide bonds. The Labute approximate surface area is 125 Å². The van der Waals surface area contributed by atoms with Crippen molar-refractivity contribution in [2.24, 2.45) is 5.84 Å². The van der Waals surface area contributed by atoms with Crippen LogP contribution in [0.3, 0.4) is 0 Å². The molecule has 8 heteroatoms. The second-order valence-corrected chi connectivity index (χ2v) is 4.93. The highest BCUT2D eigenvalue weighted by Crippen LogP contribution is 2.27. The van der Waals surface area contributed by atoms with E-state index < -0.39 is 5.69 Å². The molecular weight excluding hydrogens is 301 g/mol. The van der Waals surface area contributed by atoms with E-state index in [-0.39, 0.29) is 5.95 Å². The molecule has 106 valence electrons. The fourth-order valence-corrected chi connectivity index (χ4v) is 2.01. The van der Waals surface area contributed by atoms with E-state index in [1.54, 1.807) is 25.2 Å². The molecule has 2 N–H and O–H groups in total. The summed E-state index contributed by atoms with van der Waals surface area (Å²) in [5, 5.41) is 2.01. The van der Waals surface area contributed by atoms with E-state index in [0.717, 1.165) is 0 Å². The summed E-state index contributed by atoms with van der Waals surface area (Å²) >= 11 is 11.9. The summed E-state index contributed by atoms with van der Waals surface area (Å²) in [6.07, 6.45) is 0. The number of nitrogens with two attached hydrogens (primary N) is 1. The van der Waals surface area contributed by atoms with Crippen LogP contribution in [0.4, 0.5) is 5.95 Å². The Morgan fingerprint density at radius 2 is 2.00 bits per heavy atom. The fourth-order valence-electron chi connectivity index (χ4n) is 1.71. The molecule has 1 aromatic heterocycles. The van der Waals surface area contributed by atoms with Gasteiger partial charge in [0.25, 0.3) is 0 Å². The van der Waals surface area contributed by atoms with Crippen molar-refractivity contribution in [3.63, 3.8) is 0 Å². The largest absolute Gasteiger partial charge is 0.352 e. The number of halogens is 2. The van der Waals surface area contributed by atoms with Crippen molar-refractivity contribution < 1.29 is 0 Å². The zero-order chi connectivity index (χ0) is 14.9. The second-order valence-electron chi connectivity index (χ2n) is 4.11. The van der Waals surface area contributed by atoms with Crippen molar-refractivity contribution in [3.05, 3.63) is 38.7 Å². The maximum absolute atomic E-state index is 12.0. The van der Waals surface area contributed by atoms with Crippen molar-refractivity contribution in [1.29, 1.82) is 0 Å². The molecule has 0 unspecified atom stereocenters. The summed E-state index contributed by atoms with van der Waals surface area (Å²) in [4.78, 5) is 20.1. The smallest absolute Gasteiger partial charge is 0.282 e. The first kappa shape index (κ1) is 14.8. The van der Waals surface area contributed by atoms with Crippen LogP contribution < -0.4 is 16.5 Å². The minimum Gasteiger partial charge on any atom is -0.282 e. The van der Waals surface area contributed by atoms with Gasteiger partial charge >= 0.3 is 5.69 Å². The van der Waals surface area contributed by atoms with Crippen LogP contribution in [0, 0.1) is 0 Å². The minimum absolute atomic E-state index is 0.140. The molecule has 6 nitrogen and oxygen atoms in total. The maximum atomic E-state index is 12.0. The summed E-state index contributed by atoms with van der Waals surface area (Å²) in [6, 6.07) is 5.04. The first-order chi connectivity index (χ1) is 9.43. The molecule has 0 spiro atoms. The Balaban J connectivity index is 2.70. The Hall–Kier alpha value is -1.63. The molecule has 0 saturated carbocycles. The van der Waals surface area contributed by atoms with Crippen LogP contribution in [0.1, 0.15) is 6.92 Å². The van der Waals surface area contributed by atoms with Gasteiger partial charge < -0.3 is 0 Å². The van der Waals surface area contributed by atoms with Crippen molar-refractivity contribution in [2.75, 3.05) is 12.1 Å². The number of anilines is 1. The maximum Gasteiger partial charge on any atom is 0.352 e. The van der Waals surface area contributed by atoms with Crippen LogP contribution in [0.25, 0.3) is 11.4 Å². The molecule has 20 heavy (non-hydrogen) atoms. The predicted octanol–water partition coefficient (Wildman–Crippen LogP) is 1.94. The number of nitrogens with zero attached hydrogens (tertiary/aromatic N) is 4. The standard InChI is InChI=1S/C12H13Cl2N5O/c1-3-19-10(7-4-5-8(13)9(14)6-7)16-11(18(2)15)17-12(19)20/h4-6H,3,15H2,1-2H3. The molecule has 0 aliphatic carbocycles. The minimum atomic E-state index is -0.420. The molecule has 2 aromatic rings. The van der Waals surface area contributed by atoms with Crippen LogP contribution >= 0.6 is 23.2 Å².